The molecule has 9 heteroatoms. The third kappa shape index (κ3) is 3.91. The number of benzene rings is 1. The fourth-order valence-electron chi connectivity index (χ4n) is 3.75. The van der Waals surface area contributed by atoms with Crippen LogP contribution in [0.25, 0.3) is 11.3 Å². The highest BCUT2D eigenvalue weighted by Gasteiger charge is 2.25. The smallest absolute Gasteiger partial charge is 0.269 e. The van der Waals surface area contributed by atoms with Crippen molar-refractivity contribution >= 4 is 5.91 Å². The molecule has 1 saturated carbocycles. The number of aromatic amines is 1. The molecule has 1 aliphatic carbocycles. The van der Waals surface area contributed by atoms with Crippen LogP contribution in [0, 0.1) is 0 Å². The maximum absolute atomic E-state index is 12.6. The molecule has 3 heterocycles. The average Bonchev–Trinajstić information content (AvgIpc) is 3.45. The van der Waals surface area contributed by atoms with E-state index in [1.165, 1.54) is 0 Å². The number of H-pyrrole nitrogens is 1. The molecular weight excluding hydrogens is 386 g/mol. The van der Waals surface area contributed by atoms with E-state index >= 15 is 0 Å². The lowest BCUT2D eigenvalue weighted by atomic mass is 9.93. The molecule has 3 aromatic rings. The Labute approximate surface area is 172 Å². The van der Waals surface area contributed by atoms with E-state index in [1.54, 1.807) is 24.7 Å². The topological polar surface area (TPSA) is 111 Å². The summed E-state index contributed by atoms with van der Waals surface area (Å²) < 4.78 is 16.6. The molecule has 0 unspecified atom stereocenters. The van der Waals surface area contributed by atoms with Gasteiger partial charge in [-0.3, -0.25) is 14.9 Å². The molecule has 0 atom stereocenters. The summed E-state index contributed by atoms with van der Waals surface area (Å²) in [5.41, 5.74) is 1.97. The predicted octanol–water partition coefficient (Wildman–Crippen LogP) is 2.72. The van der Waals surface area contributed by atoms with Crippen LogP contribution in [0.2, 0.25) is 0 Å². The number of amides is 1. The minimum absolute atomic E-state index is 0.0969. The van der Waals surface area contributed by atoms with Crippen LogP contribution in [-0.2, 0) is 0 Å². The summed E-state index contributed by atoms with van der Waals surface area (Å²) >= 11 is 0. The third-order valence-electron chi connectivity index (χ3n) is 5.33. The SMILES string of the molecule is O=C(NC1CCC(Oc2cnccn2)CC1)c1cc(-c2ccc3c(c2)OCO3)n[nH]1. The Kier molecular flexibility index (Phi) is 4.92. The van der Waals surface area contributed by atoms with Gasteiger partial charge in [-0.25, -0.2) is 4.98 Å². The summed E-state index contributed by atoms with van der Waals surface area (Å²) in [5, 5.41) is 10.2. The van der Waals surface area contributed by atoms with Gasteiger partial charge in [-0.05, 0) is 49.9 Å². The van der Waals surface area contributed by atoms with Gasteiger partial charge in [-0.15, -0.1) is 0 Å². The van der Waals surface area contributed by atoms with Gasteiger partial charge in [0.25, 0.3) is 5.91 Å². The van der Waals surface area contributed by atoms with Gasteiger partial charge in [0.15, 0.2) is 11.5 Å². The third-order valence-corrected chi connectivity index (χ3v) is 5.33. The molecule has 9 nitrogen and oxygen atoms in total. The lowest BCUT2D eigenvalue weighted by molar-refractivity contribution is 0.0885. The Bertz CT molecular complexity index is 1030. The van der Waals surface area contributed by atoms with Crippen molar-refractivity contribution in [3.63, 3.8) is 0 Å². The number of hydrogen-bond acceptors (Lipinski definition) is 7. The molecule has 1 aromatic carbocycles. The number of nitrogens with one attached hydrogen (secondary N) is 2. The van der Waals surface area contributed by atoms with Crippen LogP contribution in [0.5, 0.6) is 17.4 Å². The van der Waals surface area contributed by atoms with E-state index in [2.05, 4.69) is 25.5 Å². The number of ether oxygens (including phenoxy) is 3. The van der Waals surface area contributed by atoms with Crippen LogP contribution in [0.1, 0.15) is 36.2 Å². The van der Waals surface area contributed by atoms with Crippen LogP contribution >= 0.6 is 0 Å². The second-order valence-corrected chi connectivity index (χ2v) is 7.34. The summed E-state index contributed by atoms with van der Waals surface area (Å²) in [6.07, 6.45) is 8.35. The standard InChI is InChI=1S/C21H21N5O4/c27-21(24-14-2-4-15(5-3-14)30-20-11-22-7-8-23-20)17-10-16(25-26-17)13-1-6-18-19(9-13)29-12-28-18/h1,6-11,14-15H,2-5,12H2,(H,24,27)(H,25,26). The Hall–Kier alpha value is -3.62. The van der Waals surface area contributed by atoms with Gasteiger partial charge in [0.05, 0.1) is 11.9 Å². The molecule has 1 fully saturated rings. The first-order valence-corrected chi connectivity index (χ1v) is 9.93. The number of nitrogens with zero attached hydrogens (tertiary/aromatic N) is 3. The first kappa shape index (κ1) is 18.4. The van der Waals surface area contributed by atoms with Gasteiger partial charge in [0.1, 0.15) is 11.8 Å². The summed E-state index contributed by atoms with van der Waals surface area (Å²) in [5.74, 6) is 1.78. The summed E-state index contributed by atoms with van der Waals surface area (Å²) in [7, 11) is 0. The summed E-state index contributed by atoms with van der Waals surface area (Å²) in [6.45, 7) is 0.221. The van der Waals surface area contributed by atoms with Gasteiger partial charge in [-0.2, -0.15) is 5.10 Å². The summed E-state index contributed by atoms with van der Waals surface area (Å²) in [4.78, 5) is 20.8. The van der Waals surface area contributed by atoms with Crippen molar-refractivity contribution < 1.29 is 19.0 Å². The van der Waals surface area contributed by atoms with E-state index in [1.807, 2.05) is 18.2 Å². The van der Waals surface area contributed by atoms with Crippen molar-refractivity contribution in [1.82, 2.24) is 25.5 Å². The Morgan fingerprint density at radius 3 is 2.80 bits per heavy atom. The highest BCUT2D eigenvalue weighted by molar-refractivity contribution is 5.93. The molecule has 2 aromatic heterocycles. The molecule has 30 heavy (non-hydrogen) atoms. The van der Waals surface area contributed by atoms with E-state index in [4.69, 9.17) is 14.2 Å². The molecule has 1 amide bonds. The molecule has 2 aliphatic rings. The molecule has 5 rings (SSSR count). The van der Waals surface area contributed by atoms with Crippen molar-refractivity contribution in [1.29, 1.82) is 0 Å². The monoisotopic (exact) mass is 407 g/mol. The predicted molar refractivity (Wildman–Crippen MR) is 106 cm³/mol. The second kappa shape index (κ2) is 8.02. The molecule has 0 spiro atoms. The fraction of sp³-hybridized carbons (Fsp3) is 0.333. The first-order valence-electron chi connectivity index (χ1n) is 9.93. The zero-order chi connectivity index (χ0) is 20.3. The lowest BCUT2D eigenvalue weighted by Gasteiger charge is -2.28. The van der Waals surface area contributed by atoms with Crippen molar-refractivity contribution in [2.24, 2.45) is 0 Å². The van der Waals surface area contributed by atoms with Crippen molar-refractivity contribution in [2.45, 2.75) is 37.8 Å². The number of hydrogen-bond donors (Lipinski definition) is 2. The molecule has 0 radical (unpaired) electrons. The van der Waals surface area contributed by atoms with E-state index < -0.39 is 0 Å². The van der Waals surface area contributed by atoms with Gasteiger partial charge in [0.2, 0.25) is 12.7 Å². The van der Waals surface area contributed by atoms with E-state index in [0.717, 1.165) is 31.2 Å². The van der Waals surface area contributed by atoms with Crippen LogP contribution in [-0.4, -0.2) is 45.0 Å². The molecule has 2 N–H and O–H groups in total. The minimum atomic E-state index is -0.159. The molecule has 0 saturated heterocycles. The lowest BCUT2D eigenvalue weighted by Crippen LogP contribution is -2.39. The van der Waals surface area contributed by atoms with Crippen LogP contribution < -0.4 is 19.5 Å². The quantitative estimate of drug-likeness (QED) is 0.669. The second-order valence-electron chi connectivity index (χ2n) is 7.34. The first-order chi connectivity index (χ1) is 14.7. The number of rotatable bonds is 5. The number of carbonyl (C=O) groups is 1. The molecular formula is C21H21N5O4. The number of carbonyl (C=O) groups excluding carboxylic acids is 1. The normalized spacial score (nSPS) is 20.0. The zero-order valence-electron chi connectivity index (χ0n) is 16.2. The van der Waals surface area contributed by atoms with E-state index in [9.17, 15) is 4.79 Å². The van der Waals surface area contributed by atoms with Gasteiger partial charge < -0.3 is 19.5 Å². The highest BCUT2D eigenvalue weighted by atomic mass is 16.7. The molecule has 1 aliphatic heterocycles. The van der Waals surface area contributed by atoms with Crippen molar-refractivity contribution in [2.75, 3.05) is 6.79 Å². The maximum atomic E-state index is 12.6. The average molecular weight is 407 g/mol. The number of aromatic nitrogens is 4. The van der Waals surface area contributed by atoms with Gasteiger partial charge in [-0.1, -0.05) is 0 Å². The summed E-state index contributed by atoms with van der Waals surface area (Å²) in [6, 6.07) is 7.45. The van der Waals surface area contributed by atoms with Crippen LogP contribution in [0.3, 0.4) is 0 Å². The van der Waals surface area contributed by atoms with Crippen LogP contribution in [0.15, 0.2) is 42.9 Å². The van der Waals surface area contributed by atoms with E-state index in [0.29, 0.717) is 28.8 Å². The van der Waals surface area contributed by atoms with Crippen molar-refractivity contribution in [3.05, 3.63) is 48.5 Å². The molecule has 0 bridgehead atoms. The van der Waals surface area contributed by atoms with Gasteiger partial charge >= 0.3 is 0 Å². The Balaban J connectivity index is 1.16. The van der Waals surface area contributed by atoms with Gasteiger partial charge in [0, 0.05) is 24.0 Å². The fourth-order valence-corrected chi connectivity index (χ4v) is 3.75. The maximum Gasteiger partial charge on any atom is 0.269 e. The highest BCUT2D eigenvalue weighted by Crippen LogP contribution is 2.35. The Morgan fingerprint density at radius 1 is 1.10 bits per heavy atom. The largest absolute Gasteiger partial charge is 0.473 e. The zero-order valence-corrected chi connectivity index (χ0v) is 16.2. The molecule has 154 valence electrons. The Morgan fingerprint density at radius 2 is 1.97 bits per heavy atom. The van der Waals surface area contributed by atoms with Crippen molar-refractivity contribution in [3.8, 4) is 28.6 Å². The van der Waals surface area contributed by atoms with E-state index in [-0.39, 0.29) is 24.8 Å². The van der Waals surface area contributed by atoms with Crippen LogP contribution in [0.4, 0.5) is 0 Å². The number of fused-ring (bicyclic) bond motifs is 1. The minimum Gasteiger partial charge on any atom is -0.473 e.